The van der Waals surface area contributed by atoms with Crippen LogP contribution in [-0.2, 0) is 9.84 Å². The van der Waals surface area contributed by atoms with Gasteiger partial charge in [-0.05, 0) is 36.2 Å². The molecule has 0 bridgehead atoms. The van der Waals surface area contributed by atoms with Crippen molar-refractivity contribution in [1.29, 1.82) is 0 Å². The summed E-state index contributed by atoms with van der Waals surface area (Å²) in [6, 6.07) is 5.81. The molecule has 1 atom stereocenters. The number of hydrogen-bond acceptors (Lipinski definition) is 6. The van der Waals surface area contributed by atoms with Crippen molar-refractivity contribution in [2.45, 2.75) is 24.8 Å². The Bertz CT molecular complexity index is 726. The van der Waals surface area contributed by atoms with E-state index in [2.05, 4.69) is 9.69 Å². The summed E-state index contributed by atoms with van der Waals surface area (Å²) in [5.41, 5.74) is 6.50. The zero-order valence-corrected chi connectivity index (χ0v) is 13.3. The third-order valence-electron chi connectivity index (χ3n) is 3.08. The zero-order valence-electron chi connectivity index (χ0n) is 11.6. The molecule has 0 saturated heterocycles. The van der Waals surface area contributed by atoms with Crippen molar-refractivity contribution in [3.8, 4) is 0 Å². The van der Waals surface area contributed by atoms with Crippen LogP contribution < -0.4 is 11.1 Å². The second-order valence-electron chi connectivity index (χ2n) is 4.55. The molecule has 2 aromatic rings. The van der Waals surface area contributed by atoms with Gasteiger partial charge in [-0.3, -0.25) is 0 Å². The molecule has 0 saturated carbocycles. The van der Waals surface area contributed by atoms with Gasteiger partial charge < -0.3 is 11.1 Å². The van der Waals surface area contributed by atoms with Gasteiger partial charge in [0, 0.05) is 6.04 Å². The SMILES string of the molecule is CCS(=O)(=O)c1c(N)nsc1NC(C)c1ccc(F)cc1. The minimum atomic E-state index is -3.45. The van der Waals surface area contributed by atoms with Crippen molar-refractivity contribution in [2.75, 3.05) is 16.8 Å². The Balaban J connectivity index is 2.30. The zero-order chi connectivity index (χ0) is 15.6. The molecule has 0 aliphatic carbocycles. The lowest BCUT2D eigenvalue weighted by Gasteiger charge is -2.15. The van der Waals surface area contributed by atoms with Gasteiger partial charge >= 0.3 is 0 Å². The maximum absolute atomic E-state index is 12.9. The normalized spacial score (nSPS) is 13.1. The standard InChI is InChI=1S/C13H16FN3O2S2/c1-3-21(18,19)11-12(15)17-20-13(11)16-8(2)9-4-6-10(14)7-5-9/h4-8,16H,3H2,1-2H3,(H2,15,17). The average Bonchev–Trinajstić information content (AvgIpc) is 2.81. The van der Waals surface area contributed by atoms with Crippen molar-refractivity contribution in [3.05, 3.63) is 35.6 Å². The van der Waals surface area contributed by atoms with Gasteiger partial charge in [-0.2, -0.15) is 4.37 Å². The van der Waals surface area contributed by atoms with E-state index >= 15 is 0 Å². The molecule has 1 heterocycles. The first-order valence-electron chi connectivity index (χ1n) is 6.35. The van der Waals surface area contributed by atoms with E-state index in [0.29, 0.717) is 5.00 Å². The molecule has 0 amide bonds. The smallest absolute Gasteiger partial charge is 0.184 e. The Morgan fingerprint density at radius 1 is 1.38 bits per heavy atom. The summed E-state index contributed by atoms with van der Waals surface area (Å²) in [5.74, 6) is -0.354. The molecule has 1 unspecified atom stereocenters. The molecule has 1 aromatic carbocycles. The molecule has 21 heavy (non-hydrogen) atoms. The molecule has 0 aliphatic heterocycles. The van der Waals surface area contributed by atoms with E-state index in [4.69, 9.17) is 5.73 Å². The van der Waals surface area contributed by atoms with E-state index in [9.17, 15) is 12.8 Å². The Morgan fingerprint density at radius 2 is 2.00 bits per heavy atom. The van der Waals surface area contributed by atoms with Gasteiger partial charge in [0.2, 0.25) is 0 Å². The van der Waals surface area contributed by atoms with Crippen LogP contribution in [0.5, 0.6) is 0 Å². The van der Waals surface area contributed by atoms with E-state index < -0.39 is 9.84 Å². The van der Waals surface area contributed by atoms with Gasteiger partial charge in [0.15, 0.2) is 15.7 Å². The number of nitrogens with one attached hydrogen (secondary N) is 1. The number of nitrogens with zero attached hydrogens (tertiary/aromatic N) is 1. The predicted molar refractivity (Wildman–Crippen MR) is 82.7 cm³/mol. The molecular formula is C13H16FN3O2S2. The van der Waals surface area contributed by atoms with Crippen LogP contribution in [0.15, 0.2) is 29.2 Å². The Morgan fingerprint density at radius 3 is 2.57 bits per heavy atom. The average molecular weight is 329 g/mol. The fourth-order valence-corrected chi connectivity index (χ4v) is 4.11. The number of nitrogens with two attached hydrogens (primary N) is 1. The van der Waals surface area contributed by atoms with Gasteiger partial charge in [0.25, 0.3) is 0 Å². The van der Waals surface area contributed by atoms with E-state index in [1.165, 1.54) is 12.1 Å². The molecule has 0 radical (unpaired) electrons. The fraction of sp³-hybridized carbons (Fsp3) is 0.308. The number of halogens is 1. The third kappa shape index (κ3) is 3.33. The molecule has 5 nitrogen and oxygen atoms in total. The van der Waals surface area contributed by atoms with Gasteiger partial charge in [-0.15, -0.1) is 0 Å². The highest BCUT2D eigenvalue weighted by Crippen LogP contribution is 2.34. The molecule has 0 fully saturated rings. The van der Waals surface area contributed by atoms with Crippen LogP contribution in [-0.4, -0.2) is 18.5 Å². The van der Waals surface area contributed by atoms with E-state index in [1.54, 1.807) is 19.1 Å². The third-order valence-corrected chi connectivity index (χ3v) is 5.80. The van der Waals surface area contributed by atoms with Crippen LogP contribution in [0.3, 0.4) is 0 Å². The van der Waals surface area contributed by atoms with Gasteiger partial charge in [-0.25, -0.2) is 12.8 Å². The lowest BCUT2D eigenvalue weighted by molar-refractivity contribution is 0.598. The first-order valence-corrected chi connectivity index (χ1v) is 8.77. The monoisotopic (exact) mass is 329 g/mol. The maximum Gasteiger partial charge on any atom is 0.184 e. The van der Waals surface area contributed by atoms with Gasteiger partial charge in [0.05, 0.1) is 5.75 Å². The number of benzene rings is 1. The van der Waals surface area contributed by atoms with Crippen molar-refractivity contribution < 1.29 is 12.8 Å². The van der Waals surface area contributed by atoms with Gasteiger partial charge in [-0.1, -0.05) is 19.1 Å². The van der Waals surface area contributed by atoms with Crippen LogP contribution in [0.4, 0.5) is 15.2 Å². The largest absolute Gasteiger partial charge is 0.382 e. The molecular weight excluding hydrogens is 313 g/mol. The molecule has 1 aromatic heterocycles. The van der Waals surface area contributed by atoms with Crippen LogP contribution >= 0.6 is 11.5 Å². The van der Waals surface area contributed by atoms with Crippen LogP contribution in [0.2, 0.25) is 0 Å². The van der Waals surface area contributed by atoms with Crippen molar-refractivity contribution in [3.63, 3.8) is 0 Å². The lowest BCUT2D eigenvalue weighted by atomic mass is 10.1. The van der Waals surface area contributed by atoms with E-state index in [-0.39, 0.29) is 28.3 Å². The maximum atomic E-state index is 12.9. The highest BCUT2D eigenvalue weighted by atomic mass is 32.2. The molecule has 0 aliphatic rings. The summed E-state index contributed by atoms with van der Waals surface area (Å²) in [4.78, 5) is 0.0453. The number of nitrogen functional groups attached to an aromatic ring is 1. The summed E-state index contributed by atoms with van der Waals surface area (Å²) in [6.45, 7) is 3.41. The quantitative estimate of drug-likeness (QED) is 0.881. The van der Waals surface area contributed by atoms with Crippen molar-refractivity contribution in [2.24, 2.45) is 0 Å². The number of anilines is 2. The summed E-state index contributed by atoms with van der Waals surface area (Å²) in [7, 11) is -3.45. The highest BCUT2D eigenvalue weighted by molar-refractivity contribution is 7.91. The summed E-state index contributed by atoms with van der Waals surface area (Å²) < 4.78 is 41.0. The Hall–Kier alpha value is -1.67. The molecule has 2 rings (SSSR count). The van der Waals surface area contributed by atoms with Crippen molar-refractivity contribution in [1.82, 2.24) is 4.37 Å². The van der Waals surface area contributed by atoms with Crippen LogP contribution in [0, 0.1) is 5.82 Å². The van der Waals surface area contributed by atoms with Crippen LogP contribution in [0.1, 0.15) is 25.5 Å². The van der Waals surface area contributed by atoms with E-state index in [1.807, 2.05) is 6.92 Å². The van der Waals surface area contributed by atoms with E-state index in [0.717, 1.165) is 17.1 Å². The Kier molecular flexibility index (Phi) is 4.48. The molecule has 114 valence electrons. The Labute approximate surface area is 127 Å². The van der Waals surface area contributed by atoms with Crippen LogP contribution in [0.25, 0.3) is 0 Å². The molecule has 0 spiro atoms. The fourth-order valence-electron chi connectivity index (χ4n) is 1.86. The topological polar surface area (TPSA) is 85.1 Å². The first-order chi connectivity index (χ1) is 9.85. The summed E-state index contributed by atoms with van der Waals surface area (Å²) >= 11 is 1.01. The minimum absolute atomic E-state index is 0.00987. The minimum Gasteiger partial charge on any atom is -0.382 e. The second kappa shape index (κ2) is 5.98. The lowest BCUT2D eigenvalue weighted by Crippen LogP contribution is -2.11. The van der Waals surface area contributed by atoms with Crippen molar-refractivity contribution >= 4 is 32.2 Å². The number of rotatable bonds is 5. The molecule has 3 N–H and O–H groups in total. The number of sulfone groups is 1. The van der Waals surface area contributed by atoms with Gasteiger partial charge in [0.1, 0.15) is 15.7 Å². The predicted octanol–water partition coefficient (Wildman–Crippen LogP) is 2.83. The molecule has 8 heteroatoms. The summed E-state index contributed by atoms with van der Waals surface area (Å²) in [6.07, 6.45) is 0. The first kappa shape index (κ1) is 15.7. The second-order valence-corrected chi connectivity index (χ2v) is 7.54. The summed E-state index contributed by atoms with van der Waals surface area (Å²) in [5, 5.41) is 3.49. The number of hydrogen-bond donors (Lipinski definition) is 2. The highest BCUT2D eigenvalue weighted by Gasteiger charge is 2.24. The number of aromatic nitrogens is 1.